The second kappa shape index (κ2) is 13.1. The number of anilines is 1. The summed E-state index contributed by atoms with van der Waals surface area (Å²) in [6, 6.07) is 22.9. The maximum Gasteiger partial charge on any atom is 0.352 e. The monoisotopic (exact) mass is 865 g/mol. The van der Waals surface area contributed by atoms with E-state index >= 15 is 4.79 Å². The number of rotatable bonds is 7. The summed E-state index contributed by atoms with van der Waals surface area (Å²) in [5, 5.41) is 12.5. The fourth-order valence-electron chi connectivity index (χ4n) is 8.19. The van der Waals surface area contributed by atoms with E-state index < -0.39 is 46.5 Å². The molecule has 2 aliphatic heterocycles. The van der Waals surface area contributed by atoms with Crippen LogP contribution in [0.2, 0.25) is 10.0 Å². The Labute approximate surface area is 325 Å². The number of phenols is 1. The van der Waals surface area contributed by atoms with Gasteiger partial charge in [-0.15, -0.1) is 0 Å². The third-order valence-corrected chi connectivity index (χ3v) is 11.8. The Balaban J connectivity index is 1.41. The van der Waals surface area contributed by atoms with Crippen LogP contribution in [0.15, 0.2) is 106 Å². The number of aromatic hydroxyl groups is 1. The fourth-order valence-corrected chi connectivity index (χ4v) is 9.27. The van der Waals surface area contributed by atoms with E-state index in [-0.39, 0.29) is 35.2 Å². The van der Waals surface area contributed by atoms with E-state index in [1.165, 1.54) is 29.6 Å². The highest BCUT2D eigenvalue weighted by molar-refractivity contribution is 14.1. The summed E-state index contributed by atoms with van der Waals surface area (Å²) in [7, 11) is 2.96. The van der Waals surface area contributed by atoms with Crippen molar-refractivity contribution in [1.82, 2.24) is 18.9 Å². The Bertz CT molecular complexity index is 2480. The molecule has 12 nitrogen and oxygen atoms in total. The summed E-state index contributed by atoms with van der Waals surface area (Å²) < 4.78 is 15.4. The number of methoxy groups -OCH3 is 2. The normalized spacial score (nSPS) is 21.8. The number of nitrogens with one attached hydrogen (secondary N) is 1. The molecule has 0 bridgehead atoms. The van der Waals surface area contributed by atoms with Crippen LogP contribution in [0.4, 0.5) is 5.69 Å². The molecule has 3 heterocycles. The molecular weight excluding hydrogens is 836 g/mol. The Morgan fingerprint density at radius 2 is 1.64 bits per heavy atom. The van der Waals surface area contributed by atoms with E-state index in [2.05, 4.69) is 5.43 Å². The Hall–Kier alpha value is -4.99. The molecule has 0 unspecified atom stereocenters. The van der Waals surface area contributed by atoms with Crippen molar-refractivity contribution in [3.8, 4) is 22.9 Å². The van der Waals surface area contributed by atoms with Crippen LogP contribution in [0, 0.1) is 9.49 Å². The van der Waals surface area contributed by atoms with Gasteiger partial charge in [0, 0.05) is 10.9 Å². The molecule has 8 rings (SSSR count). The minimum Gasteiger partial charge on any atom is -0.504 e. The van der Waals surface area contributed by atoms with Crippen LogP contribution in [0.1, 0.15) is 29.5 Å². The molecule has 2 amide bonds. The summed E-state index contributed by atoms with van der Waals surface area (Å²) in [5.74, 6) is -2.47. The molecular formula is C38H30Cl2IN5O7. The van der Waals surface area contributed by atoms with E-state index in [0.717, 1.165) is 9.58 Å². The molecule has 53 heavy (non-hydrogen) atoms. The van der Waals surface area contributed by atoms with Crippen LogP contribution in [-0.2, 0) is 21.5 Å². The number of hydrazine groups is 1. The topological polar surface area (TPSA) is 137 Å². The molecule has 0 spiro atoms. The Morgan fingerprint density at radius 1 is 0.906 bits per heavy atom. The molecule has 2 fully saturated rings. The van der Waals surface area contributed by atoms with Crippen molar-refractivity contribution < 1.29 is 24.2 Å². The van der Waals surface area contributed by atoms with E-state index in [1.807, 2.05) is 28.7 Å². The first kappa shape index (κ1) is 35.1. The van der Waals surface area contributed by atoms with Crippen molar-refractivity contribution in [3.05, 3.63) is 142 Å². The number of phenolic OH excluding ortho intramolecular Hbond substituents is 1. The van der Waals surface area contributed by atoms with Gasteiger partial charge >= 0.3 is 11.4 Å². The summed E-state index contributed by atoms with van der Waals surface area (Å²) in [4.78, 5) is 58.6. The molecule has 1 saturated heterocycles. The summed E-state index contributed by atoms with van der Waals surface area (Å²) in [6.07, 6.45) is 1.86. The number of allylic oxidation sites excluding steroid dienone is 2. The zero-order chi connectivity index (χ0) is 37.3. The predicted molar refractivity (Wildman–Crippen MR) is 206 cm³/mol. The number of imide groups is 1. The van der Waals surface area contributed by atoms with Crippen LogP contribution in [0.25, 0.3) is 5.69 Å². The maximum absolute atomic E-state index is 15.4. The predicted octanol–water partition coefficient (Wildman–Crippen LogP) is 6.05. The van der Waals surface area contributed by atoms with Crippen LogP contribution < -0.4 is 26.3 Å². The molecule has 4 atom stereocenters. The van der Waals surface area contributed by atoms with Crippen molar-refractivity contribution in [2.75, 3.05) is 19.6 Å². The zero-order valence-corrected chi connectivity index (χ0v) is 31.8. The lowest BCUT2D eigenvalue weighted by Gasteiger charge is -2.49. The summed E-state index contributed by atoms with van der Waals surface area (Å²) in [6.45, 7) is 0.0242. The third-order valence-electron chi connectivity index (χ3n) is 10.5. The number of hydrogen-bond donors (Lipinski definition) is 2. The number of nitrogens with zero attached hydrogens (tertiary/aromatic N) is 4. The molecule has 1 saturated carbocycles. The highest BCUT2D eigenvalue weighted by atomic mass is 127. The Kier molecular flexibility index (Phi) is 8.70. The van der Waals surface area contributed by atoms with Gasteiger partial charge in [0.05, 0.1) is 58.1 Å². The van der Waals surface area contributed by atoms with E-state index in [9.17, 15) is 19.5 Å². The minimum absolute atomic E-state index is 0.00404. The number of halogens is 3. The first-order chi connectivity index (χ1) is 25.5. The molecule has 0 radical (unpaired) electrons. The molecule has 4 aromatic carbocycles. The van der Waals surface area contributed by atoms with Crippen molar-refractivity contribution in [3.63, 3.8) is 0 Å². The fraction of sp³-hybridized carbons (Fsp3) is 0.211. The average molecular weight is 866 g/mol. The molecule has 5 aromatic rings. The number of hydrogen-bond acceptors (Lipinski definition) is 8. The van der Waals surface area contributed by atoms with Crippen molar-refractivity contribution in [2.24, 2.45) is 5.92 Å². The standard InChI is InChI=1S/C38H30Cl2IN5O7/c1-52-24-11-8-21(9-12-24)38-26(34(48)45(35(38)49)42-29-13-10-22(39)18-27(29)40)19-30-25(32(38)20-16-28(41)33(47)31(17-20)53-2)14-15-43-36(50)44(37(51)46(30)43)23-6-4-3-5-7-23/h3-14,16-18,26,30,32,42,47H,15,19H2,1-2H3/t26-,30+,32-,38+/m0/s1. The smallest absolute Gasteiger partial charge is 0.352 e. The number of aromatic nitrogens is 3. The van der Waals surface area contributed by atoms with Crippen molar-refractivity contribution in [2.45, 2.75) is 30.3 Å². The van der Waals surface area contributed by atoms with Gasteiger partial charge in [-0.3, -0.25) is 15.0 Å². The molecule has 1 aromatic heterocycles. The maximum atomic E-state index is 15.4. The van der Waals surface area contributed by atoms with E-state index in [1.54, 1.807) is 78.9 Å². The second-order valence-electron chi connectivity index (χ2n) is 13.0. The van der Waals surface area contributed by atoms with Gasteiger partial charge in [-0.2, -0.15) is 5.01 Å². The van der Waals surface area contributed by atoms with Gasteiger partial charge in [0.15, 0.2) is 11.5 Å². The van der Waals surface area contributed by atoms with Crippen LogP contribution in [0.5, 0.6) is 17.2 Å². The number of carbonyl (C=O) groups is 2. The molecule has 270 valence electrons. The lowest BCUT2D eigenvalue weighted by molar-refractivity contribution is -0.138. The number of benzene rings is 4. The van der Waals surface area contributed by atoms with Gasteiger partial charge in [0.1, 0.15) is 5.75 Å². The second-order valence-corrected chi connectivity index (χ2v) is 15.0. The Morgan fingerprint density at radius 3 is 2.32 bits per heavy atom. The highest BCUT2D eigenvalue weighted by Gasteiger charge is 2.69. The van der Waals surface area contributed by atoms with Crippen molar-refractivity contribution >= 4 is 63.3 Å². The molecule has 3 aliphatic rings. The van der Waals surface area contributed by atoms with E-state index in [0.29, 0.717) is 36.7 Å². The first-order valence-electron chi connectivity index (χ1n) is 16.5. The summed E-state index contributed by atoms with van der Waals surface area (Å²) in [5.41, 5.74) is 2.68. The largest absolute Gasteiger partial charge is 0.504 e. The summed E-state index contributed by atoms with van der Waals surface area (Å²) >= 11 is 14.7. The molecule has 1 aliphatic carbocycles. The zero-order valence-electron chi connectivity index (χ0n) is 28.1. The number of amides is 2. The quantitative estimate of drug-likeness (QED) is 0.115. The molecule has 15 heteroatoms. The van der Waals surface area contributed by atoms with Gasteiger partial charge in [-0.1, -0.05) is 59.6 Å². The minimum atomic E-state index is -1.60. The van der Waals surface area contributed by atoms with Gasteiger partial charge in [0.25, 0.3) is 11.8 Å². The van der Waals surface area contributed by atoms with Crippen molar-refractivity contribution in [1.29, 1.82) is 0 Å². The van der Waals surface area contributed by atoms with Crippen LogP contribution >= 0.6 is 45.8 Å². The third kappa shape index (κ3) is 5.22. The van der Waals surface area contributed by atoms with Gasteiger partial charge in [0.2, 0.25) is 0 Å². The molecule has 2 N–H and O–H groups in total. The number of carbonyl (C=O) groups excluding carboxylic acids is 2. The van der Waals surface area contributed by atoms with Crippen LogP contribution in [-0.4, -0.2) is 50.1 Å². The number of ether oxygens (including phenoxy) is 2. The van der Waals surface area contributed by atoms with E-state index in [4.69, 9.17) is 32.7 Å². The van der Waals surface area contributed by atoms with Crippen LogP contribution in [0.3, 0.4) is 0 Å². The number of fused-ring (bicyclic) bond motifs is 4. The SMILES string of the molecule is COc1ccc([C@@]23C(=O)N(Nc4ccc(Cl)cc4Cl)C(=O)[C@@H]2C[C@@H]2C(=CCn4c(=O)n(-c5ccccc5)c(=O)n42)[C@@H]3c2cc(I)c(O)c(OC)c2)cc1. The lowest BCUT2D eigenvalue weighted by Crippen LogP contribution is -2.53. The first-order valence-corrected chi connectivity index (χ1v) is 18.4. The highest BCUT2D eigenvalue weighted by Crippen LogP contribution is 2.62. The van der Waals surface area contributed by atoms with Gasteiger partial charge < -0.3 is 14.6 Å². The van der Waals surface area contributed by atoms with Gasteiger partial charge in [-0.25, -0.2) is 23.5 Å². The van der Waals surface area contributed by atoms with Gasteiger partial charge in [-0.05, 0) is 100 Å². The average Bonchev–Trinajstić information content (AvgIpc) is 3.54. The lowest BCUT2D eigenvalue weighted by atomic mass is 9.53. The number of para-hydroxylation sites is 1.